The topological polar surface area (TPSA) is 109 Å². The van der Waals surface area contributed by atoms with E-state index < -0.39 is 10.0 Å². The molecule has 0 spiro atoms. The molecule has 0 aliphatic carbocycles. The van der Waals surface area contributed by atoms with E-state index in [1.807, 2.05) is 0 Å². The van der Waals surface area contributed by atoms with Gasteiger partial charge in [0.2, 0.25) is 10.0 Å². The first-order valence-electron chi connectivity index (χ1n) is 7.71. The highest BCUT2D eigenvalue weighted by Crippen LogP contribution is 2.31. The number of aliphatic hydroxyl groups excluding tert-OH is 1. The molecule has 8 nitrogen and oxygen atoms in total. The molecule has 2 heterocycles. The highest BCUT2D eigenvalue weighted by Gasteiger charge is 2.27. The summed E-state index contributed by atoms with van der Waals surface area (Å²) >= 11 is 0. The smallest absolute Gasteiger partial charge is 0.262 e. The lowest BCUT2D eigenvalue weighted by Crippen LogP contribution is -2.32. The number of fused-ring (bicyclic) bond motifs is 1. The quantitative estimate of drug-likeness (QED) is 0.762. The van der Waals surface area contributed by atoms with Crippen molar-refractivity contribution in [2.75, 3.05) is 25.1 Å². The number of carbonyl (C=O) groups excluding carboxylic acids is 1. The maximum atomic E-state index is 13.0. The standard InChI is InChI=1S/C16H18N2O6S/c19-7-2-6-18(10-12-3-1-8-23-12)25(21,22)13-4-5-15-14(9-13)17-16(20)11-24-15/h1,3-5,8-9,19H,2,6-7,10-11H2,(H,17,20). The number of hydrogen-bond donors (Lipinski definition) is 2. The average molecular weight is 366 g/mol. The number of carbonyl (C=O) groups is 1. The number of nitrogens with one attached hydrogen (secondary N) is 1. The van der Waals surface area contributed by atoms with Crippen LogP contribution in [-0.2, 0) is 21.4 Å². The van der Waals surface area contributed by atoms with E-state index in [9.17, 15) is 13.2 Å². The predicted molar refractivity (Wildman–Crippen MR) is 88.6 cm³/mol. The third-order valence-corrected chi connectivity index (χ3v) is 5.54. The summed E-state index contributed by atoms with van der Waals surface area (Å²) in [5, 5.41) is 11.7. The Labute approximate surface area is 145 Å². The number of nitrogens with zero attached hydrogens (tertiary/aromatic N) is 1. The lowest BCUT2D eigenvalue weighted by molar-refractivity contribution is -0.118. The third kappa shape index (κ3) is 3.84. The summed E-state index contributed by atoms with van der Waals surface area (Å²) in [5.74, 6) is 0.581. The van der Waals surface area contributed by atoms with Crippen LogP contribution in [-0.4, -0.2) is 43.5 Å². The van der Waals surface area contributed by atoms with Crippen molar-refractivity contribution in [1.82, 2.24) is 4.31 Å². The Morgan fingerprint density at radius 3 is 2.84 bits per heavy atom. The highest BCUT2D eigenvalue weighted by molar-refractivity contribution is 7.89. The van der Waals surface area contributed by atoms with Crippen LogP contribution in [0, 0.1) is 0 Å². The van der Waals surface area contributed by atoms with Crippen molar-refractivity contribution in [2.24, 2.45) is 0 Å². The summed E-state index contributed by atoms with van der Waals surface area (Å²) in [6.45, 7) is -0.0345. The maximum Gasteiger partial charge on any atom is 0.262 e. The van der Waals surface area contributed by atoms with Gasteiger partial charge >= 0.3 is 0 Å². The van der Waals surface area contributed by atoms with Gasteiger partial charge in [0.05, 0.1) is 23.4 Å². The molecular weight excluding hydrogens is 348 g/mol. The maximum absolute atomic E-state index is 13.0. The van der Waals surface area contributed by atoms with Crippen molar-refractivity contribution in [3.8, 4) is 5.75 Å². The zero-order valence-electron chi connectivity index (χ0n) is 13.3. The van der Waals surface area contributed by atoms with Gasteiger partial charge in [0, 0.05) is 13.2 Å². The van der Waals surface area contributed by atoms with Crippen LogP contribution in [0.25, 0.3) is 0 Å². The van der Waals surface area contributed by atoms with E-state index in [4.69, 9.17) is 14.3 Å². The number of furan rings is 1. The highest BCUT2D eigenvalue weighted by atomic mass is 32.2. The fraction of sp³-hybridized carbons (Fsp3) is 0.312. The van der Waals surface area contributed by atoms with Crippen LogP contribution in [0.3, 0.4) is 0 Å². The lowest BCUT2D eigenvalue weighted by Gasteiger charge is -2.23. The van der Waals surface area contributed by atoms with Crippen LogP contribution < -0.4 is 10.1 Å². The van der Waals surface area contributed by atoms with E-state index >= 15 is 0 Å². The van der Waals surface area contributed by atoms with Crippen molar-refractivity contribution < 1.29 is 27.5 Å². The third-order valence-electron chi connectivity index (χ3n) is 3.70. The molecule has 0 saturated carbocycles. The molecule has 0 saturated heterocycles. The van der Waals surface area contributed by atoms with Gasteiger partial charge in [-0.3, -0.25) is 4.79 Å². The van der Waals surface area contributed by atoms with E-state index in [1.165, 1.54) is 28.8 Å². The molecule has 2 aromatic rings. The number of hydrogen-bond acceptors (Lipinski definition) is 6. The molecule has 134 valence electrons. The first-order chi connectivity index (χ1) is 12.0. The molecule has 25 heavy (non-hydrogen) atoms. The number of benzene rings is 1. The molecule has 1 aliphatic heterocycles. The lowest BCUT2D eigenvalue weighted by atomic mass is 10.2. The monoisotopic (exact) mass is 366 g/mol. The number of anilines is 1. The second-order valence-electron chi connectivity index (χ2n) is 5.49. The fourth-order valence-corrected chi connectivity index (χ4v) is 3.95. The van der Waals surface area contributed by atoms with Crippen LogP contribution in [0.1, 0.15) is 12.2 Å². The molecule has 0 fully saturated rings. The Hall–Kier alpha value is -2.36. The molecular formula is C16H18N2O6S. The zero-order valence-corrected chi connectivity index (χ0v) is 14.2. The molecule has 0 bridgehead atoms. The van der Waals surface area contributed by atoms with Crippen LogP contribution in [0.5, 0.6) is 5.75 Å². The minimum absolute atomic E-state index is 0.0292. The summed E-state index contributed by atoms with van der Waals surface area (Å²) in [5.41, 5.74) is 0.317. The van der Waals surface area contributed by atoms with Crippen LogP contribution in [0.2, 0.25) is 0 Å². The van der Waals surface area contributed by atoms with Crippen molar-refractivity contribution in [2.45, 2.75) is 17.9 Å². The van der Waals surface area contributed by atoms with Crippen molar-refractivity contribution >= 4 is 21.6 Å². The SMILES string of the molecule is O=C1COc2ccc(S(=O)(=O)N(CCCO)Cc3ccco3)cc2N1. The summed E-state index contributed by atoms with van der Waals surface area (Å²) < 4.78 is 37.7. The Kier molecular flexibility index (Phi) is 5.07. The molecule has 1 aromatic heterocycles. The van der Waals surface area contributed by atoms with E-state index in [-0.39, 0.29) is 37.1 Å². The number of sulfonamides is 1. The van der Waals surface area contributed by atoms with E-state index in [2.05, 4.69) is 5.32 Å². The van der Waals surface area contributed by atoms with E-state index in [0.717, 1.165) is 0 Å². The second-order valence-corrected chi connectivity index (χ2v) is 7.43. The van der Waals surface area contributed by atoms with E-state index in [1.54, 1.807) is 12.1 Å². The second kappa shape index (κ2) is 7.26. The summed E-state index contributed by atoms with van der Waals surface area (Å²) in [6, 6.07) is 7.68. The predicted octanol–water partition coefficient (Wildman–Crippen LogP) is 1.18. The van der Waals surface area contributed by atoms with Crippen LogP contribution >= 0.6 is 0 Å². The normalized spacial score (nSPS) is 14.1. The molecule has 0 atom stereocenters. The Bertz CT molecular complexity index is 848. The Morgan fingerprint density at radius 1 is 1.28 bits per heavy atom. The number of rotatable bonds is 7. The van der Waals surface area contributed by atoms with Crippen molar-refractivity contribution in [3.63, 3.8) is 0 Å². The van der Waals surface area contributed by atoms with Gasteiger partial charge in [0.1, 0.15) is 11.5 Å². The van der Waals surface area contributed by atoms with Gasteiger partial charge in [-0.05, 0) is 36.8 Å². The fourth-order valence-electron chi connectivity index (χ4n) is 2.48. The molecule has 1 aromatic carbocycles. The molecule has 1 amide bonds. The summed E-state index contributed by atoms with van der Waals surface area (Å²) in [6.07, 6.45) is 1.77. The van der Waals surface area contributed by atoms with E-state index in [0.29, 0.717) is 23.6 Å². The number of ether oxygens (including phenoxy) is 1. The molecule has 0 radical (unpaired) electrons. The molecule has 2 N–H and O–H groups in total. The van der Waals surface area contributed by atoms with Gasteiger partial charge in [-0.2, -0.15) is 4.31 Å². The molecule has 1 aliphatic rings. The number of aliphatic hydroxyl groups is 1. The van der Waals surface area contributed by atoms with Gasteiger partial charge in [0.25, 0.3) is 5.91 Å². The van der Waals surface area contributed by atoms with Crippen molar-refractivity contribution in [3.05, 3.63) is 42.4 Å². The first kappa shape index (κ1) is 17.5. The number of amides is 1. The van der Waals surface area contributed by atoms with Crippen molar-refractivity contribution in [1.29, 1.82) is 0 Å². The molecule has 9 heteroatoms. The van der Waals surface area contributed by atoms with Crippen LogP contribution in [0.15, 0.2) is 45.9 Å². The van der Waals surface area contributed by atoms with Gasteiger partial charge in [-0.25, -0.2) is 8.42 Å². The minimum Gasteiger partial charge on any atom is -0.482 e. The summed E-state index contributed by atoms with van der Waals surface area (Å²) in [4.78, 5) is 11.5. The van der Waals surface area contributed by atoms with Gasteiger partial charge in [-0.15, -0.1) is 0 Å². The zero-order chi connectivity index (χ0) is 17.9. The Morgan fingerprint density at radius 2 is 2.12 bits per heavy atom. The van der Waals surface area contributed by atoms with Gasteiger partial charge in [0.15, 0.2) is 6.61 Å². The van der Waals surface area contributed by atoms with Crippen LogP contribution in [0.4, 0.5) is 5.69 Å². The minimum atomic E-state index is -3.84. The Balaban J connectivity index is 1.91. The van der Waals surface area contributed by atoms with Gasteiger partial charge in [-0.1, -0.05) is 0 Å². The molecule has 0 unspecified atom stereocenters. The summed E-state index contributed by atoms with van der Waals surface area (Å²) in [7, 11) is -3.84. The van der Waals surface area contributed by atoms with Gasteiger partial charge < -0.3 is 19.6 Å². The largest absolute Gasteiger partial charge is 0.482 e. The average Bonchev–Trinajstić information content (AvgIpc) is 3.10. The first-order valence-corrected chi connectivity index (χ1v) is 9.15. The molecule has 3 rings (SSSR count).